The Balaban J connectivity index is 1.74. The molecule has 2 N–H and O–H groups in total. The third-order valence-electron chi connectivity index (χ3n) is 5.90. The fourth-order valence-electron chi connectivity index (χ4n) is 4.23. The van der Waals surface area contributed by atoms with Crippen molar-refractivity contribution in [1.29, 1.82) is 0 Å². The van der Waals surface area contributed by atoms with Gasteiger partial charge < -0.3 is 15.2 Å². The van der Waals surface area contributed by atoms with Crippen molar-refractivity contribution in [1.82, 2.24) is 4.98 Å². The molecule has 2 aromatic carbocycles. The maximum absolute atomic E-state index is 13.8. The van der Waals surface area contributed by atoms with Crippen molar-refractivity contribution < 1.29 is 31.1 Å². The molecule has 1 aromatic heterocycles. The van der Waals surface area contributed by atoms with E-state index in [-0.39, 0.29) is 11.6 Å². The van der Waals surface area contributed by atoms with Crippen molar-refractivity contribution in [2.24, 2.45) is 0 Å². The largest absolute Gasteiger partial charge is 0.418 e. The van der Waals surface area contributed by atoms with Gasteiger partial charge in [0, 0.05) is 30.0 Å². The summed E-state index contributed by atoms with van der Waals surface area (Å²) >= 11 is 0. The van der Waals surface area contributed by atoms with Gasteiger partial charge in [0.15, 0.2) is 0 Å². The molecule has 0 spiro atoms. The second-order valence-corrected chi connectivity index (χ2v) is 8.12. The molecule has 11 heteroatoms. The number of carbonyl (C=O) groups excluding carboxylic acids is 1. The standard InChI is InChI=1S/C23H19F6N3O2/c1-12-4-3-9-32(12)13-7-8-17(16(10-13)23(27,28)29)31-21(34)14-11-30-18-6-2-5-15(22(24,25)26)19(18)20(14)33/h2,5-8,10-12H,3-4,9H2,1H3,(H,30,33)(H,31,34)/t12-/m0/s1. The number of hydrogen-bond donors (Lipinski definition) is 2. The van der Waals surface area contributed by atoms with Crippen molar-refractivity contribution in [3.8, 4) is 0 Å². The van der Waals surface area contributed by atoms with E-state index in [1.165, 1.54) is 12.1 Å². The van der Waals surface area contributed by atoms with Gasteiger partial charge >= 0.3 is 12.4 Å². The molecule has 34 heavy (non-hydrogen) atoms. The highest BCUT2D eigenvalue weighted by Crippen LogP contribution is 2.39. The molecule has 1 fully saturated rings. The summed E-state index contributed by atoms with van der Waals surface area (Å²) in [4.78, 5) is 29.8. The molecule has 1 aliphatic rings. The highest BCUT2D eigenvalue weighted by molar-refractivity contribution is 6.06. The van der Waals surface area contributed by atoms with E-state index < -0.39 is 51.5 Å². The van der Waals surface area contributed by atoms with Crippen LogP contribution in [-0.4, -0.2) is 23.5 Å². The van der Waals surface area contributed by atoms with E-state index in [2.05, 4.69) is 4.98 Å². The minimum atomic E-state index is -4.87. The van der Waals surface area contributed by atoms with Crippen LogP contribution < -0.4 is 15.6 Å². The first kappa shape index (κ1) is 23.7. The molecule has 0 unspecified atom stereocenters. The molecule has 2 heterocycles. The predicted molar refractivity (Wildman–Crippen MR) is 115 cm³/mol. The topological polar surface area (TPSA) is 65.2 Å². The van der Waals surface area contributed by atoms with Gasteiger partial charge in [0.1, 0.15) is 5.56 Å². The van der Waals surface area contributed by atoms with Gasteiger partial charge in [-0.1, -0.05) is 6.07 Å². The monoisotopic (exact) mass is 483 g/mol. The van der Waals surface area contributed by atoms with Gasteiger partial charge in [-0.25, -0.2) is 0 Å². The number of H-pyrrole nitrogens is 1. The highest BCUT2D eigenvalue weighted by Gasteiger charge is 2.36. The van der Waals surface area contributed by atoms with Crippen molar-refractivity contribution in [2.75, 3.05) is 16.8 Å². The third kappa shape index (κ3) is 4.34. The van der Waals surface area contributed by atoms with Gasteiger partial charge in [-0.2, -0.15) is 26.3 Å². The highest BCUT2D eigenvalue weighted by atomic mass is 19.4. The Labute approximate surface area is 189 Å². The van der Waals surface area contributed by atoms with Crippen LogP contribution in [0.5, 0.6) is 0 Å². The Morgan fingerprint density at radius 2 is 1.76 bits per heavy atom. The first-order valence-corrected chi connectivity index (χ1v) is 10.4. The van der Waals surface area contributed by atoms with Crippen LogP contribution in [0.2, 0.25) is 0 Å². The number of amides is 1. The Morgan fingerprint density at radius 1 is 1.06 bits per heavy atom. The number of rotatable bonds is 3. The van der Waals surface area contributed by atoms with Gasteiger partial charge in [0.25, 0.3) is 5.91 Å². The molecule has 1 atom stereocenters. The van der Waals surface area contributed by atoms with Crippen LogP contribution in [0.4, 0.5) is 37.7 Å². The van der Waals surface area contributed by atoms with Crippen molar-refractivity contribution in [2.45, 2.75) is 38.2 Å². The van der Waals surface area contributed by atoms with Gasteiger partial charge in [0.05, 0.1) is 22.2 Å². The Morgan fingerprint density at radius 3 is 2.38 bits per heavy atom. The van der Waals surface area contributed by atoms with Crippen LogP contribution in [-0.2, 0) is 12.4 Å². The average molecular weight is 483 g/mol. The van der Waals surface area contributed by atoms with Crippen molar-refractivity contribution in [3.63, 3.8) is 0 Å². The van der Waals surface area contributed by atoms with Gasteiger partial charge in [-0.15, -0.1) is 0 Å². The maximum Gasteiger partial charge on any atom is 0.418 e. The summed E-state index contributed by atoms with van der Waals surface area (Å²) in [5.41, 5.74) is -4.77. The first-order valence-electron chi connectivity index (χ1n) is 10.4. The molecular formula is C23H19F6N3O2. The predicted octanol–water partition coefficient (Wildman–Crippen LogP) is 5.81. The fraction of sp³-hybridized carbons (Fsp3) is 0.304. The first-order chi connectivity index (χ1) is 15.9. The fourth-order valence-corrected chi connectivity index (χ4v) is 4.23. The number of aromatic amines is 1. The van der Waals surface area contributed by atoms with Crippen LogP contribution in [0.1, 0.15) is 41.3 Å². The van der Waals surface area contributed by atoms with E-state index in [1.54, 1.807) is 0 Å². The number of alkyl halides is 6. The second kappa shape index (κ2) is 8.37. The summed E-state index contributed by atoms with van der Waals surface area (Å²) in [6.45, 7) is 2.50. The average Bonchev–Trinajstić information content (AvgIpc) is 3.18. The van der Waals surface area contributed by atoms with E-state index >= 15 is 0 Å². The Kier molecular flexibility index (Phi) is 5.82. The Hall–Kier alpha value is -3.50. The lowest BCUT2D eigenvalue weighted by Crippen LogP contribution is -2.27. The number of carbonyl (C=O) groups is 1. The quantitative estimate of drug-likeness (QED) is 0.463. The molecule has 0 aliphatic carbocycles. The molecule has 1 amide bonds. The molecule has 1 saturated heterocycles. The lowest BCUT2D eigenvalue weighted by atomic mass is 10.0. The molecule has 1 aliphatic heterocycles. The number of halogens is 6. The van der Waals surface area contributed by atoms with Crippen LogP contribution >= 0.6 is 0 Å². The number of aromatic nitrogens is 1. The third-order valence-corrected chi connectivity index (χ3v) is 5.90. The lowest BCUT2D eigenvalue weighted by Gasteiger charge is -2.25. The van der Waals surface area contributed by atoms with E-state index in [4.69, 9.17) is 0 Å². The van der Waals surface area contributed by atoms with Crippen LogP contribution in [0.25, 0.3) is 10.9 Å². The number of nitrogens with one attached hydrogen (secondary N) is 2. The van der Waals surface area contributed by atoms with Crippen LogP contribution in [0.3, 0.4) is 0 Å². The van der Waals surface area contributed by atoms with E-state index in [9.17, 15) is 35.9 Å². The number of benzene rings is 2. The maximum atomic E-state index is 13.8. The summed E-state index contributed by atoms with van der Waals surface area (Å²) in [5.74, 6) is -1.26. The summed E-state index contributed by atoms with van der Waals surface area (Å²) in [6.07, 6.45) is -7.13. The molecule has 5 nitrogen and oxygen atoms in total. The number of fused-ring (bicyclic) bond motifs is 1. The second-order valence-electron chi connectivity index (χ2n) is 8.12. The zero-order valence-corrected chi connectivity index (χ0v) is 17.8. The van der Waals surface area contributed by atoms with Crippen molar-refractivity contribution in [3.05, 3.63) is 69.5 Å². The smallest absolute Gasteiger partial charge is 0.369 e. The number of pyridine rings is 1. The van der Waals surface area contributed by atoms with Crippen LogP contribution in [0, 0.1) is 0 Å². The zero-order chi connectivity index (χ0) is 24.8. The lowest BCUT2D eigenvalue weighted by molar-refractivity contribution is -0.137. The molecule has 3 aromatic rings. The SMILES string of the molecule is C[C@H]1CCCN1c1ccc(NC(=O)c2c[nH]c3cccc(C(F)(F)F)c3c2=O)c(C(F)(F)F)c1. The number of nitrogens with zero attached hydrogens (tertiary/aromatic N) is 1. The number of anilines is 2. The zero-order valence-electron chi connectivity index (χ0n) is 17.8. The summed E-state index contributed by atoms with van der Waals surface area (Å²) < 4.78 is 81.4. The van der Waals surface area contributed by atoms with Gasteiger partial charge in [-0.05, 0) is 50.1 Å². The normalized spacial score (nSPS) is 16.8. The molecule has 0 radical (unpaired) electrons. The summed E-state index contributed by atoms with van der Waals surface area (Å²) in [7, 11) is 0. The van der Waals surface area contributed by atoms with E-state index in [0.29, 0.717) is 18.3 Å². The minimum absolute atomic E-state index is 0.0560. The van der Waals surface area contributed by atoms with E-state index in [1.807, 2.05) is 17.1 Å². The summed E-state index contributed by atoms with van der Waals surface area (Å²) in [6, 6.07) is 6.51. The minimum Gasteiger partial charge on any atom is -0.369 e. The van der Waals surface area contributed by atoms with Gasteiger partial charge in [-0.3, -0.25) is 9.59 Å². The molecule has 0 saturated carbocycles. The molecule has 180 valence electrons. The van der Waals surface area contributed by atoms with E-state index in [0.717, 1.165) is 37.2 Å². The number of hydrogen-bond acceptors (Lipinski definition) is 3. The van der Waals surface area contributed by atoms with Gasteiger partial charge in [0.2, 0.25) is 5.43 Å². The van der Waals surface area contributed by atoms with Crippen molar-refractivity contribution >= 4 is 28.2 Å². The van der Waals surface area contributed by atoms with Crippen LogP contribution in [0.15, 0.2) is 47.4 Å². The summed E-state index contributed by atoms with van der Waals surface area (Å²) in [5, 5.41) is 1.28. The molecule has 0 bridgehead atoms. The molecule has 4 rings (SSSR count). The Bertz CT molecular complexity index is 1310. The molecular weight excluding hydrogens is 464 g/mol.